The van der Waals surface area contributed by atoms with Gasteiger partial charge in [0.05, 0.1) is 6.04 Å². The number of hydrogen-bond donors (Lipinski definition) is 1. The van der Waals surface area contributed by atoms with Crippen LogP contribution in [-0.2, 0) is 10.0 Å². The molecule has 4 rings (SSSR count). The third-order valence-corrected chi connectivity index (χ3v) is 5.45. The molecule has 2 aliphatic heterocycles. The fraction of sp³-hybridized carbons (Fsp3) is 0.353. The van der Waals surface area contributed by atoms with Gasteiger partial charge < -0.3 is 14.4 Å². The lowest BCUT2D eigenvalue weighted by molar-refractivity contribution is 0.171. The molecule has 2 aliphatic rings. The van der Waals surface area contributed by atoms with Crippen LogP contribution in [0.1, 0.15) is 24.4 Å². The van der Waals surface area contributed by atoms with Crippen molar-refractivity contribution < 1.29 is 17.9 Å². The smallest absolute Gasteiger partial charge is 0.239 e. The maximum absolute atomic E-state index is 11.4. The Morgan fingerprint density at radius 1 is 1.12 bits per heavy atom. The summed E-state index contributed by atoms with van der Waals surface area (Å²) in [7, 11) is -3.73. The monoisotopic (exact) mass is 361 g/mol. The Kier molecular flexibility index (Phi) is 4.01. The molecule has 1 aromatic heterocycles. The average molecular weight is 361 g/mol. The zero-order valence-corrected chi connectivity index (χ0v) is 14.4. The average Bonchev–Trinajstić information content (AvgIpc) is 3.10. The summed E-state index contributed by atoms with van der Waals surface area (Å²) >= 11 is 0. The third kappa shape index (κ3) is 3.14. The van der Waals surface area contributed by atoms with E-state index in [4.69, 9.17) is 14.6 Å². The van der Waals surface area contributed by atoms with E-state index >= 15 is 0 Å². The van der Waals surface area contributed by atoms with Crippen molar-refractivity contribution in [3.8, 4) is 11.5 Å². The van der Waals surface area contributed by atoms with Gasteiger partial charge in [-0.3, -0.25) is 0 Å². The zero-order valence-electron chi connectivity index (χ0n) is 13.6. The Labute approximate surface area is 146 Å². The predicted octanol–water partition coefficient (Wildman–Crippen LogP) is 1.84. The Morgan fingerprint density at radius 3 is 2.64 bits per heavy atom. The Morgan fingerprint density at radius 2 is 1.92 bits per heavy atom. The summed E-state index contributed by atoms with van der Waals surface area (Å²) in [4.78, 5) is 6.50. The van der Waals surface area contributed by atoms with Gasteiger partial charge >= 0.3 is 0 Å². The molecule has 8 heteroatoms. The molecule has 0 unspecified atom stereocenters. The number of nitrogens with zero attached hydrogens (tertiary/aromatic N) is 2. The predicted molar refractivity (Wildman–Crippen MR) is 92.4 cm³/mol. The van der Waals surface area contributed by atoms with Gasteiger partial charge in [0.1, 0.15) is 23.9 Å². The van der Waals surface area contributed by atoms with E-state index in [1.165, 1.54) is 12.3 Å². The number of benzene rings is 1. The van der Waals surface area contributed by atoms with Crippen molar-refractivity contribution >= 4 is 15.8 Å². The first kappa shape index (κ1) is 16.2. The molecule has 25 heavy (non-hydrogen) atoms. The van der Waals surface area contributed by atoms with Crippen molar-refractivity contribution in [2.24, 2.45) is 5.14 Å². The SMILES string of the molecule is NS(=O)(=O)c1ccc(N2CCC[C@@H]2c2ccc3c(c2)OCCO3)nc1. The molecular weight excluding hydrogens is 342 g/mol. The number of pyridine rings is 1. The molecule has 3 heterocycles. The van der Waals surface area contributed by atoms with Gasteiger partial charge in [-0.05, 0) is 42.7 Å². The lowest BCUT2D eigenvalue weighted by atomic mass is 10.0. The highest BCUT2D eigenvalue weighted by molar-refractivity contribution is 7.89. The van der Waals surface area contributed by atoms with Crippen LogP contribution in [0.5, 0.6) is 11.5 Å². The highest BCUT2D eigenvalue weighted by atomic mass is 32.2. The van der Waals surface area contributed by atoms with Crippen LogP contribution in [0.2, 0.25) is 0 Å². The van der Waals surface area contributed by atoms with Gasteiger partial charge in [0.25, 0.3) is 0 Å². The number of primary sulfonamides is 1. The van der Waals surface area contributed by atoms with Crippen LogP contribution >= 0.6 is 0 Å². The van der Waals surface area contributed by atoms with Crippen molar-refractivity contribution in [1.82, 2.24) is 4.98 Å². The van der Waals surface area contributed by atoms with E-state index in [1.54, 1.807) is 6.07 Å². The molecule has 1 fully saturated rings. The van der Waals surface area contributed by atoms with Gasteiger partial charge in [-0.25, -0.2) is 18.5 Å². The highest BCUT2D eigenvalue weighted by Crippen LogP contribution is 2.39. The summed E-state index contributed by atoms with van der Waals surface area (Å²) in [6.07, 6.45) is 3.35. The van der Waals surface area contributed by atoms with E-state index in [1.807, 2.05) is 12.1 Å². The van der Waals surface area contributed by atoms with Crippen LogP contribution < -0.4 is 19.5 Å². The molecule has 2 N–H and O–H groups in total. The standard InChI is InChI=1S/C17H19N3O4S/c18-25(21,22)13-4-6-17(19-11-13)20-7-1-2-14(20)12-3-5-15-16(10-12)24-9-8-23-15/h3-6,10-11,14H,1-2,7-9H2,(H2,18,21,22)/t14-/m1/s1. The Bertz CT molecular complexity index is 883. The quantitative estimate of drug-likeness (QED) is 0.896. The van der Waals surface area contributed by atoms with E-state index < -0.39 is 10.0 Å². The van der Waals surface area contributed by atoms with Gasteiger partial charge in [-0.2, -0.15) is 0 Å². The minimum atomic E-state index is -3.73. The fourth-order valence-electron chi connectivity index (χ4n) is 3.37. The molecule has 0 radical (unpaired) electrons. The topological polar surface area (TPSA) is 94.8 Å². The summed E-state index contributed by atoms with van der Waals surface area (Å²) in [5, 5.41) is 5.14. The van der Waals surface area contributed by atoms with Crippen LogP contribution in [0, 0.1) is 0 Å². The zero-order chi connectivity index (χ0) is 17.4. The van der Waals surface area contributed by atoms with Crippen molar-refractivity contribution in [2.45, 2.75) is 23.8 Å². The van der Waals surface area contributed by atoms with Crippen molar-refractivity contribution in [3.63, 3.8) is 0 Å². The second-order valence-corrected chi connectivity index (χ2v) is 7.71. The minimum absolute atomic E-state index is 0.0197. The number of sulfonamides is 1. The number of anilines is 1. The molecule has 7 nitrogen and oxygen atoms in total. The first-order valence-corrected chi connectivity index (χ1v) is 9.72. The minimum Gasteiger partial charge on any atom is -0.486 e. The van der Waals surface area contributed by atoms with Crippen molar-refractivity contribution in [2.75, 3.05) is 24.7 Å². The van der Waals surface area contributed by atoms with Gasteiger partial charge in [0.2, 0.25) is 10.0 Å². The van der Waals surface area contributed by atoms with Crippen LogP contribution in [0.3, 0.4) is 0 Å². The van der Waals surface area contributed by atoms with E-state index in [-0.39, 0.29) is 10.9 Å². The first-order chi connectivity index (χ1) is 12.0. The summed E-state index contributed by atoms with van der Waals surface area (Å²) in [5.41, 5.74) is 1.14. The normalized spacial score (nSPS) is 19.9. The molecule has 0 saturated carbocycles. The molecule has 132 valence electrons. The van der Waals surface area contributed by atoms with Gasteiger partial charge in [-0.1, -0.05) is 6.07 Å². The van der Waals surface area contributed by atoms with Crippen LogP contribution in [0.15, 0.2) is 41.4 Å². The lowest BCUT2D eigenvalue weighted by Crippen LogP contribution is -2.24. The second-order valence-electron chi connectivity index (χ2n) is 6.15. The Hall–Kier alpha value is -2.32. The molecular formula is C17H19N3O4S. The molecule has 0 spiro atoms. The number of fused-ring (bicyclic) bond motifs is 1. The number of rotatable bonds is 3. The largest absolute Gasteiger partial charge is 0.486 e. The molecule has 0 amide bonds. The van der Waals surface area contributed by atoms with E-state index in [9.17, 15) is 8.42 Å². The molecule has 0 bridgehead atoms. The number of nitrogens with two attached hydrogens (primary N) is 1. The first-order valence-electron chi connectivity index (χ1n) is 8.17. The summed E-state index contributed by atoms with van der Waals surface area (Å²) in [6.45, 7) is 1.99. The summed E-state index contributed by atoms with van der Waals surface area (Å²) < 4.78 is 34.0. The van der Waals surface area contributed by atoms with Gasteiger partial charge in [-0.15, -0.1) is 0 Å². The second kappa shape index (κ2) is 6.20. The maximum atomic E-state index is 11.4. The molecule has 1 saturated heterocycles. The maximum Gasteiger partial charge on any atom is 0.239 e. The molecule has 2 aromatic rings. The summed E-state index contributed by atoms with van der Waals surface area (Å²) in [5.74, 6) is 2.29. The van der Waals surface area contributed by atoms with Crippen molar-refractivity contribution in [3.05, 3.63) is 42.1 Å². The van der Waals surface area contributed by atoms with Crippen LogP contribution in [-0.4, -0.2) is 33.2 Å². The molecule has 1 aromatic carbocycles. The van der Waals surface area contributed by atoms with E-state index in [0.717, 1.165) is 42.3 Å². The third-order valence-electron chi connectivity index (χ3n) is 4.55. The number of ether oxygens (including phenoxy) is 2. The summed E-state index contributed by atoms with van der Waals surface area (Å²) in [6, 6.07) is 9.39. The number of hydrogen-bond acceptors (Lipinski definition) is 6. The van der Waals surface area contributed by atoms with Gasteiger partial charge in [0.15, 0.2) is 11.5 Å². The van der Waals surface area contributed by atoms with E-state index in [0.29, 0.717) is 13.2 Å². The number of aromatic nitrogens is 1. The lowest BCUT2D eigenvalue weighted by Gasteiger charge is -2.27. The molecule has 0 aliphatic carbocycles. The van der Waals surface area contributed by atoms with Crippen molar-refractivity contribution in [1.29, 1.82) is 0 Å². The Balaban J connectivity index is 1.62. The van der Waals surface area contributed by atoms with Crippen LogP contribution in [0.4, 0.5) is 5.82 Å². The highest BCUT2D eigenvalue weighted by Gasteiger charge is 2.28. The van der Waals surface area contributed by atoms with E-state index in [2.05, 4.69) is 16.0 Å². The fourth-order valence-corrected chi connectivity index (χ4v) is 3.82. The molecule has 1 atom stereocenters. The van der Waals surface area contributed by atoms with Gasteiger partial charge in [0, 0.05) is 12.7 Å². The van der Waals surface area contributed by atoms with Crippen LogP contribution in [0.25, 0.3) is 0 Å².